The van der Waals surface area contributed by atoms with E-state index >= 15 is 0 Å². The smallest absolute Gasteiger partial charge is 0.248 e. The molecule has 1 saturated heterocycles. The quantitative estimate of drug-likeness (QED) is 0.718. The molecule has 3 heteroatoms. The molecular formula is C12H23NO2. The van der Waals surface area contributed by atoms with Crippen LogP contribution in [0.25, 0.3) is 0 Å². The molecule has 1 amide bonds. The minimum absolute atomic E-state index is 0.131. The average Bonchev–Trinajstić information content (AvgIpc) is 2.18. The van der Waals surface area contributed by atoms with Gasteiger partial charge in [-0.3, -0.25) is 4.79 Å². The van der Waals surface area contributed by atoms with Crippen LogP contribution in [0.4, 0.5) is 0 Å². The van der Waals surface area contributed by atoms with Crippen LogP contribution in [-0.2, 0) is 9.53 Å². The molecule has 0 saturated carbocycles. The largest absolute Gasteiger partial charge is 0.369 e. The minimum atomic E-state index is 0.131. The molecule has 2 unspecified atom stereocenters. The van der Waals surface area contributed by atoms with Crippen LogP contribution in [0.5, 0.6) is 0 Å². The molecule has 0 N–H and O–H groups in total. The maximum absolute atomic E-state index is 11.9. The monoisotopic (exact) mass is 213 g/mol. The first-order valence-corrected chi connectivity index (χ1v) is 5.91. The fourth-order valence-electron chi connectivity index (χ4n) is 1.96. The first-order chi connectivity index (χ1) is 7.00. The highest BCUT2D eigenvalue weighted by molar-refractivity contribution is 5.77. The molecule has 1 heterocycles. The average molecular weight is 213 g/mol. The number of ether oxygens (including phenoxy) is 1. The molecule has 1 fully saturated rings. The maximum atomic E-state index is 11.9. The highest BCUT2D eigenvalue weighted by atomic mass is 16.5. The van der Waals surface area contributed by atoms with Crippen LogP contribution in [0, 0.1) is 5.92 Å². The fraction of sp³-hybridized carbons (Fsp3) is 0.917. The summed E-state index contributed by atoms with van der Waals surface area (Å²) >= 11 is 0. The van der Waals surface area contributed by atoms with Crippen molar-refractivity contribution >= 4 is 5.91 Å². The van der Waals surface area contributed by atoms with E-state index < -0.39 is 0 Å². The molecule has 3 nitrogen and oxygen atoms in total. The zero-order chi connectivity index (χ0) is 11.4. The Morgan fingerprint density at radius 2 is 2.07 bits per heavy atom. The Balaban J connectivity index is 2.42. The van der Waals surface area contributed by atoms with Crippen LogP contribution in [-0.4, -0.2) is 36.1 Å². The summed E-state index contributed by atoms with van der Waals surface area (Å²) in [6.07, 6.45) is 2.48. The molecule has 0 radical (unpaired) electrons. The third-order valence-corrected chi connectivity index (χ3v) is 2.98. The molecule has 0 bridgehead atoms. The standard InChI is InChI=1S/C12H23NO2/c1-9(2)15-8-12(14)13-7-10(3)5-6-11(13)4/h9-11H,5-8H2,1-4H3. The number of hydrogen-bond acceptors (Lipinski definition) is 2. The van der Waals surface area contributed by atoms with Gasteiger partial charge in [0.2, 0.25) is 5.91 Å². The Morgan fingerprint density at radius 3 is 2.67 bits per heavy atom. The lowest BCUT2D eigenvalue weighted by Gasteiger charge is -2.36. The molecule has 0 aromatic rings. The van der Waals surface area contributed by atoms with Gasteiger partial charge in [0.05, 0.1) is 6.10 Å². The van der Waals surface area contributed by atoms with Gasteiger partial charge in [-0.25, -0.2) is 0 Å². The Labute approximate surface area is 92.8 Å². The van der Waals surface area contributed by atoms with Crippen molar-refractivity contribution < 1.29 is 9.53 Å². The summed E-state index contributed by atoms with van der Waals surface area (Å²) in [6, 6.07) is 0.379. The molecule has 1 aliphatic rings. The molecule has 1 rings (SSSR count). The van der Waals surface area contributed by atoms with Crippen molar-refractivity contribution in [1.29, 1.82) is 0 Å². The Kier molecular flexibility index (Phi) is 4.58. The van der Waals surface area contributed by atoms with Crippen LogP contribution in [0.3, 0.4) is 0 Å². The van der Waals surface area contributed by atoms with E-state index in [0.717, 1.165) is 13.0 Å². The lowest BCUT2D eigenvalue weighted by molar-refractivity contribution is -0.141. The second-order valence-corrected chi connectivity index (χ2v) is 4.94. The highest BCUT2D eigenvalue weighted by Crippen LogP contribution is 2.21. The second kappa shape index (κ2) is 5.50. The van der Waals surface area contributed by atoms with Crippen LogP contribution >= 0.6 is 0 Å². The third kappa shape index (κ3) is 3.82. The molecule has 0 spiro atoms. The Hall–Kier alpha value is -0.570. The van der Waals surface area contributed by atoms with Gasteiger partial charge in [-0.05, 0) is 39.5 Å². The number of likely N-dealkylation sites (tertiary alicyclic amines) is 1. The predicted molar refractivity (Wildman–Crippen MR) is 60.7 cm³/mol. The van der Waals surface area contributed by atoms with E-state index in [1.54, 1.807) is 0 Å². The third-order valence-electron chi connectivity index (χ3n) is 2.98. The molecule has 2 atom stereocenters. The number of carbonyl (C=O) groups is 1. The van der Waals surface area contributed by atoms with E-state index in [1.807, 2.05) is 18.7 Å². The number of rotatable bonds is 3. The molecule has 1 aliphatic heterocycles. The number of amides is 1. The summed E-state index contributed by atoms with van der Waals surface area (Å²) in [7, 11) is 0. The second-order valence-electron chi connectivity index (χ2n) is 4.94. The maximum Gasteiger partial charge on any atom is 0.248 e. The van der Waals surface area contributed by atoms with Crippen molar-refractivity contribution in [2.45, 2.75) is 52.7 Å². The molecular weight excluding hydrogens is 190 g/mol. The van der Waals surface area contributed by atoms with E-state index in [-0.39, 0.29) is 18.6 Å². The van der Waals surface area contributed by atoms with Gasteiger partial charge in [0, 0.05) is 12.6 Å². The van der Waals surface area contributed by atoms with E-state index in [0.29, 0.717) is 12.0 Å². The van der Waals surface area contributed by atoms with Crippen molar-refractivity contribution in [1.82, 2.24) is 4.90 Å². The summed E-state index contributed by atoms with van der Waals surface area (Å²) < 4.78 is 5.35. The van der Waals surface area contributed by atoms with Crippen molar-refractivity contribution in [3.63, 3.8) is 0 Å². The first kappa shape index (κ1) is 12.5. The Bertz CT molecular complexity index is 216. The van der Waals surface area contributed by atoms with E-state index in [2.05, 4.69) is 13.8 Å². The van der Waals surface area contributed by atoms with Gasteiger partial charge in [-0.15, -0.1) is 0 Å². The molecule has 15 heavy (non-hydrogen) atoms. The number of piperidine rings is 1. The van der Waals surface area contributed by atoms with Gasteiger partial charge in [0.1, 0.15) is 6.61 Å². The molecule has 0 aliphatic carbocycles. The van der Waals surface area contributed by atoms with Crippen LogP contribution in [0.15, 0.2) is 0 Å². The zero-order valence-corrected chi connectivity index (χ0v) is 10.3. The predicted octanol–water partition coefficient (Wildman–Crippen LogP) is 2.06. The van der Waals surface area contributed by atoms with Crippen molar-refractivity contribution in [3.05, 3.63) is 0 Å². The van der Waals surface area contributed by atoms with E-state index in [9.17, 15) is 4.79 Å². The SMILES string of the molecule is CC1CCC(C)N(C(=O)COC(C)C)C1. The fourth-order valence-corrected chi connectivity index (χ4v) is 1.96. The van der Waals surface area contributed by atoms with Gasteiger partial charge in [-0.2, -0.15) is 0 Å². The summed E-state index contributed by atoms with van der Waals surface area (Å²) in [5.41, 5.74) is 0. The summed E-state index contributed by atoms with van der Waals surface area (Å²) in [5.74, 6) is 0.770. The van der Waals surface area contributed by atoms with Crippen molar-refractivity contribution in [2.24, 2.45) is 5.92 Å². The summed E-state index contributed by atoms with van der Waals surface area (Å²) in [4.78, 5) is 13.8. The van der Waals surface area contributed by atoms with Gasteiger partial charge in [0.15, 0.2) is 0 Å². The van der Waals surface area contributed by atoms with E-state index in [1.165, 1.54) is 6.42 Å². The van der Waals surface area contributed by atoms with Gasteiger partial charge in [-0.1, -0.05) is 6.92 Å². The topological polar surface area (TPSA) is 29.5 Å². The summed E-state index contributed by atoms with van der Waals surface area (Å²) in [5, 5.41) is 0. The lowest BCUT2D eigenvalue weighted by atomic mass is 9.95. The van der Waals surface area contributed by atoms with Gasteiger partial charge in [0.25, 0.3) is 0 Å². The zero-order valence-electron chi connectivity index (χ0n) is 10.3. The molecule has 0 aromatic heterocycles. The summed E-state index contributed by atoms with van der Waals surface area (Å²) in [6.45, 7) is 9.36. The molecule has 88 valence electrons. The van der Waals surface area contributed by atoms with Crippen LogP contribution in [0.2, 0.25) is 0 Å². The lowest BCUT2D eigenvalue weighted by Crippen LogP contribution is -2.46. The van der Waals surface area contributed by atoms with Crippen molar-refractivity contribution in [3.8, 4) is 0 Å². The Morgan fingerprint density at radius 1 is 1.40 bits per heavy atom. The normalized spacial score (nSPS) is 27.1. The number of hydrogen-bond donors (Lipinski definition) is 0. The van der Waals surface area contributed by atoms with Crippen LogP contribution in [0.1, 0.15) is 40.5 Å². The molecule has 0 aromatic carbocycles. The van der Waals surface area contributed by atoms with Gasteiger partial charge < -0.3 is 9.64 Å². The van der Waals surface area contributed by atoms with Crippen molar-refractivity contribution in [2.75, 3.05) is 13.2 Å². The minimum Gasteiger partial charge on any atom is -0.369 e. The number of carbonyl (C=O) groups excluding carboxylic acids is 1. The van der Waals surface area contributed by atoms with E-state index in [4.69, 9.17) is 4.74 Å². The van der Waals surface area contributed by atoms with Crippen LogP contribution < -0.4 is 0 Å². The van der Waals surface area contributed by atoms with Gasteiger partial charge >= 0.3 is 0 Å². The number of nitrogens with zero attached hydrogens (tertiary/aromatic N) is 1. The highest BCUT2D eigenvalue weighted by Gasteiger charge is 2.26. The first-order valence-electron chi connectivity index (χ1n) is 5.91.